The fourth-order valence-corrected chi connectivity index (χ4v) is 3.05. The van der Waals surface area contributed by atoms with Gasteiger partial charge in [0.2, 0.25) is 11.8 Å². The monoisotopic (exact) mass is 362 g/mol. The Morgan fingerprint density at radius 2 is 2.04 bits per heavy atom. The number of nitrogens with one attached hydrogen (secondary N) is 1. The van der Waals surface area contributed by atoms with Gasteiger partial charge in [-0.1, -0.05) is 25.5 Å². The highest BCUT2D eigenvalue weighted by Gasteiger charge is 2.36. The molecule has 1 heterocycles. The Kier molecular flexibility index (Phi) is 7.15. The number of hydrogen-bond donors (Lipinski definition) is 2. The summed E-state index contributed by atoms with van der Waals surface area (Å²) in [6.07, 6.45) is 2.30. The number of anilines is 1. The van der Waals surface area contributed by atoms with Crippen LogP contribution in [0.5, 0.6) is 0 Å². The summed E-state index contributed by atoms with van der Waals surface area (Å²) in [7, 11) is 1.47. The van der Waals surface area contributed by atoms with Gasteiger partial charge in [-0.25, -0.2) is 4.79 Å². The second-order valence-corrected chi connectivity index (χ2v) is 6.50. The Morgan fingerprint density at radius 3 is 2.62 bits per heavy atom. The number of carbonyl (C=O) groups excluding carboxylic acids is 2. The van der Waals surface area contributed by atoms with Crippen molar-refractivity contribution < 1.29 is 24.2 Å². The normalized spacial score (nSPS) is 18.0. The number of rotatable bonds is 9. The summed E-state index contributed by atoms with van der Waals surface area (Å²) in [4.78, 5) is 37.5. The fraction of sp³-hybridized carbons (Fsp3) is 0.526. The standard InChI is InChI=1S/C19H26N2O5/c1-3-4-13-5-7-15(8-6-13)21-12-14(11-17(21)22)18(23)20-16(19(24)25)9-10-26-2/h5-8,14,16H,3-4,9-12H2,1-2H3,(H,20,23)(H,24,25). The van der Waals surface area contributed by atoms with Crippen LogP contribution in [-0.2, 0) is 25.5 Å². The maximum atomic E-state index is 12.4. The number of carboxylic acids is 1. The molecular weight excluding hydrogens is 336 g/mol. The summed E-state index contributed by atoms with van der Waals surface area (Å²) in [5.41, 5.74) is 1.97. The Morgan fingerprint density at radius 1 is 1.35 bits per heavy atom. The van der Waals surface area contributed by atoms with Crippen LogP contribution >= 0.6 is 0 Å². The molecule has 7 heteroatoms. The van der Waals surface area contributed by atoms with Crippen molar-refractivity contribution in [2.75, 3.05) is 25.2 Å². The van der Waals surface area contributed by atoms with E-state index in [4.69, 9.17) is 4.74 Å². The topological polar surface area (TPSA) is 95.9 Å². The highest BCUT2D eigenvalue weighted by Crippen LogP contribution is 2.26. The molecule has 0 bridgehead atoms. The van der Waals surface area contributed by atoms with E-state index < -0.39 is 23.8 Å². The van der Waals surface area contributed by atoms with Crippen LogP contribution in [0.1, 0.15) is 31.7 Å². The summed E-state index contributed by atoms with van der Waals surface area (Å²) in [6, 6.07) is 6.75. The molecule has 1 fully saturated rings. The molecule has 0 spiro atoms. The third kappa shape index (κ3) is 5.05. The smallest absolute Gasteiger partial charge is 0.326 e. The molecule has 2 N–H and O–H groups in total. The minimum Gasteiger partial charge on any atom is -0.480 e. The lowest BCUT2D eigenvalue weighted by molar-refractivity contribution is -0.142. The number of carboxylic acid groups (broad SMARTS) is 1. The molecular formula is C19H26N2O5. The van der Waals surface area contributed by atoms with Crippen molar-refractivity contribution in [2.24, 2.45) is 5.92 Å². The number of carbonyl (C=O) groups is 3. The first-order valence-corrected chi connectivity index (χ1v) is 8.87. The third-order valence-corrected chi connectivity index (χ3v) is 4.51. The molecule has 0 saturated carbocycles. The van der Waals surface area contributed by atoms with Crippen molar-refractivity contribution in [3.63, 3.8) is 0 Å². The van der Waals surface area contributed by atoms with Crippen molar-refractivity contribution in [1.29, 1.82) is 0 Å². The van der Waals surface area contributed by atoms with Crippen LogP contribution in [-0.4, -0.2) is 49.2 Å². The average Bonchev–Trinajstić information content (AvgIpc) is 3.01. The van der Waals surface area contributed by atoms with Crippen molar-refractivity contribution in [2.45, 2.75) is 38.6 Å². The maximum Gasteiger partial charge on any atom is 0.326 e. The van der Waals surface area contributed by atoms with E-state index in [1.54, 1.807) is 4.90 Å². The molecule has 1 aliphatic heterocycles. The van der Waals surface area contributed by atoms with Gasteiger partial charge in [0.1, 0.15) is 6.04 Å². The molecule has 0 aliphatic carbocycles. The second-order valence-electron chi connectivity index (χ2n) is 6.50. The van der Waals surface area contributed by atoms with Gasteiger partial charge in [-0.05, 0) is 24.1 Å². The van der Waals surface area contributed by atoms with Crippen molar-refractivity contribution >= 4 is 23.5 Å². The lowest BCUT2D eigenvalue weighted by Crippen LogP contribution is -2.44. The van der Waals surface area contributed by atoms with Gasteiger partial charge in [0, 0.05) is 38.8 Å². The van der Waals surface area contributed by atoms with E-state index in [-0.39, 0.29) is 31.9 Å². The molecule has 26 heavy (non-hydrogen) atoms. The number of hydrogen-bond acceptors (Lipinski definition) is 4. The van der Waals surface area contributed by atoms with Crippen molar-refractivity contribution in [3.8, 4) is 0 Å². The maximum absolute atomic E-state index is 12.4. The zero-order chi connectivity index (χ0) is 19.1. The van der Waals surface area contributed by atoms with Gasteiger partial charge in [-0.2, -0.15) is 0 Å². The van der Waals surface area contributed by atoms with Crippen molar-refractivity contribution in [3.05, 3.63) is 29.8 Å². The zero-order valence-corrected chi connectivity index (χ0v) is 15.2. The number of methoxy groups -OCH3 is 1. The van der Waals surface area contributed by atoms with Gasteiger partial charge in [-0.15, -0.1) is 0 Å². The summed E-state index contributed by atoms with van der Waals surface area (Å²) in [6.45, 7) is 2.60. The minimum atomic E-state index is -1.11. The highest BCUT2D eigenvalue weighted by molar-refractivity contribution is 6.00. The van der Waals surface area contributed by atoms with E-state index in [0.29, 0.717) is 0 Å². The molecule has 1 saturated heterocycles. The largest absolute Gasteiger partial charge is 0.480 e. The number of ether oxygens (including phenoxy) is 1. The van der Waals surface area contributed by atoms with E-state index in [9.17, 15) is 19.5 Å². The summed E-state index contributed by atoms with van der Waals surface area (Å²) < 4.78 is 4.87. The first kappa shape index (κ1) is 19.9. The van der Waals surface area contributed by atoms with Gasteiger partial charge < -0.3 is 20.1 Å². The number of aryl methyl sites for hydroxylation is 1. The number of benzene rings is 1. The Hall–Kier alpha value is -2.41. The lowest BCUT2D eigenvalue weighted by atomic mass is 10.1. The highest BCUT2D eigenvalue weighted by atomic mass is 16.5. The molecule has 2 amide bonds. The van der Waals surface area contributed by atoms with Crippen LogP contribution in [0, 0.1) is 5.92 Å². The van der Waals surface area contributed by atoms with Crippen LogP contribution in [0.2, 0.25) is 0 Å². The van der Waals surface area contributed by atoms with Gasteiger partial charge in [0.05, 0.1) is 5.92 Å². The zero-order valence-electron chi connectivity index (χ0n) is 15.2. The van der Waals surface area contributed by atoms with Crippen LogP contribution in [0.4, 0.5) is 5.69 Å². The van der Waals surface area contributed by atoms with E-state index in [0.717, 1.165) is 18.5 Å². The first-order valence-electron chi connectivity index (χ1n) is 8.87. The van der Waals surface area contributed by atoms with E-state index in [1.807, 2.05) is 24.3 Å². The fourth-order valence-electron chi connectivity index (χ4n) is 3.05. The van der Waals surface area contributed by atoms with Crippen LogP contribution in [0.15, 0.2) is 24.3 Å². The van der Waals surface area contributed by atoms with Crippen molar-refractivity contribution in [1.82, 2.24) is 5.32 Å². The Labute approximate surface area is 153 Å². The molecule has 1 aromatic carbocycles. The molecule has 142 valence electrons. The number of nitrogens with zero attached hydrogens (tertiary/aromatic N) is 1. The second kappa shape index (κ2) is 9.33. The van der Waals surface area contributed by atoms with E-state index in [2.05, 4.69) is 12.2 Å². The van der Waals surface area contributed by atoms with E-state index in [1.165, 1.54) is 12.7 Å². The SMILES string of the molecule is CCCc1ccc(N2CC(C(=O)NC(CCOC)C(=O)O)CC2=O)cc1. The van der Waals surface area contributed by atoms with E-state index >= 15 is 0 Å². The third-order valence-electron chi connectivity index (χ3n) is 4.51. The summed E-state index contributed by atoms with van der Waals surface area (Å²) in [5.74, 6) is -2.20. The number of aliphatic carboxylic acids is 1. The van der Waals surface area contributed by atoms with Gasteiger partial charge in [0.15, 0.2) is 0 Å². The molecule has 7 nitrogen and oxygen atoms in total. The predicted molar refractivity (Wildman–Crippen MR) is 97.0 cm³/mol. The average molecular weight is 362 g/mol. The van der Waals surface area contributed by atoms with Crippen LogP contribution in [0.25, 0.3) is 0 Å². The quantitative estimate of drug-likeness (QED) is 0.696. The summed E-state index contributed by atoms with van der Waals surface area (Å²) in [5, 5.41) is 11.7. The lowest BCUT2D eigenvalue weighted by Gasteiger charge is -2.19. The van der Waals surface area contributed by atoms with Gasteiger partial charge in [-0.3, -0.25) is 9.59 Å². The molecule has 2 atom stereocenters. The summed E-state index contributed by atoms with van der Waals surface area (Å²) >= 11 is 0. The first-order chi connectivity index (χ1) is 12.5. The molecule has 0 radical (unpaired) electrons. The molecule has 0 aromatic heterocycles. The molecule has 1 aliphatic rings. The molecule has 2 rings (SSSR count). The Balaban J connectivity index is 1.99. The molecule has 1 aromatic rings. The van der Waals surface area contributed by atoms with Crippen LogP contribution < -0.4 is 10.2 Å². The number of amides is 2. The van der Waals surface area contributed by atoms with Crippen LogP contribution in [0.3, 0.4) is 0 Å². The predicted octanol–water partition coefficient (Wildman–Crippen LogP) is 1.60. The molecule has 2 unspecified atom stereocenters. The van der Waals surface area contributed by atoms with Gasteiger partial charge >= 0.3 is 5.97 Å². The minimum absolute atomic E-state index is 0.0825. The van der Waals surface area contributed by atoms with Gasteiger partial charge in [0.25, 0.3) is 0 Å². The Bertz CT molecular complexity index is 644.